The molecule has 6 rings (SSSR count). The van der Waals surface area contributed by atoms with E-state index in [0.29, 0.717) is 42.9 Å². The van der Waals surface area contributed by atoms with Gasteiger partial charge >= 0.3 is 0 Å². The van der Waals surface area contributed by atoms with Crippen LogP contribution in [-0.2, 0) is 4.79 Å². The molecule has 2 aromatic carbocycles. The van der Waals surface area contributed by atoms with E-state index in [4.69, 9.17) is 4.74 Å². The Balaban J connectivity index is 1.18. The molecule has 1 fully saturated rings. The predicted molar refractivity (Wildman–Crippen MR) is 131 cm³/mol. The van der Waals surface area contributed by atoms with E-state index in [1.54, 1.807) is 37.6 Å². The average Bonchev–Trinajstić information content (AvgIpc) is 3.34. The van der Waals surface area contributed by atoms with Gasteiger partial charge in [-0.2, -0.15) is 5.10 Å². The average molecular weight is 469 g/mol. The lowest BCUT2D eigenvalue weighted by Gasteiger charge is -2.32. The quantitative estimate of drug-likeness (QED) is 0.456. The number of ether oxygens (including phenoxy) is 1. The van der Waals surface area contributed by atoms with Gasteiger partial charge in [-0.1, -0.05) is 18.2 Å². The van der Waals surface area contributed by atoms with Gasteiger partial charge in [-0.05, 0) is 50.1 Å². The molecule has 2 aliphatic rings. The Morgan fingerprint density at radius 1 is 1.09 bits per heavy atom. The zero-order valence-electron chi connectivity index (χ0n) is 19.2. The second kappa shape index (κ2) is 8.50. The molecule has 2 aromatic heterocycles. The molecule has 35 heavy (non-hydrogen) atoms. The van der Waals surface area contributed by atoms with Crippen LogP contribution in [0.2, 0.25) is 0 Å². The maximum Gasteiger partial charge on any atom is 0.265 e. The van der Waals surface area contributed by atoms with Crippen LogP contribution >= 0.6 is 0 Å². The van der Waals surface area contributed by atoms with Crippen LogP contribution in [0.15, 0.2) is 61.1 Å². The number of anilines is 2. The van der Waals surface area contributed by atoms with E-state index in [9.17, 15) is 9.59 Å². The summed E-state index contributed by atoms with van der Waals surface area (Å²) in [4.78, 5) is 36.4. The molecule has 4 heterocycles. The van der Waals surface area contributed by atoms with Gasteiger partial charge in [0.25, 0.3) is 5.91 Å². The molecule has 1 atom stereocenters. The number of nitrogens with zero attached hydrogens (tertiary/aromatic N) is 5. The second-order valence-electron chi connectivity index (χ2n) is 8.91. The number of rotatable bonds is 4. The molecule has 9 heteroatoms. The SMILES string of the molecule is CC1Oc2ccc(C(=O)C3CCN(c4ncnc5c4cnn5-c4ccccc4)CC3)cc2NC1=O. The molecule has 9 nitrogen and oxygen atoms in total. The zero-order chi connectivity index (χ0) is 23.9. The first kappa shape index (κ1) is 21.3. The van der Waals surface area contributed by atoms with Crippen molar-refractivity contribution in [3.05, 3.63) is 66.6 Å². The fourth-order valence-electron chi connectivity index (χ4n) is 4.79. The molecule has 2 aliphatic heterocycles. The molecule has 176 valence electrons. The van der Waals surface area contributed by atoms with E-state index >= 15 is 0 Å². The number of hydrogen-bond donors (Lipinski definition) is 1. The van der Waals surface area contributed by atoms with Gasteiger partial charge in [0.1, 0.15) is 17.9 Å². The number of benzene rings is 2. The molecule has 1 amide bonds. The third-order valence-electron chi connectivity index (χ3n) is 6.71. The monoisotopic (exact) mass is 468 g/mol. The summed E-state index contributed by atoms with van der Waals surface area (Å²) in [6.07, 6.45) is 4.27. The molecule has 1 saturated heterocycles. The van der Waals surface area contributed by atoms with E-state index in [1.807, 2.05) is 35.0 Å². The van der Waals surface area contributed by atoms with Crippen molar-refractivity contribution in [1.29, 1.82) is 0 Å². The fourth-order valence-corrected chi connectivity index (χ4v) is 4.79. The molecule has 0 radical (unpaired) electrons. The first-order valence-electron chi connectivity index (χ1n) is 11.7. The van der Waals surface area contributed by atoms with Crippen molar-refractivity contribution in [3.63, 3.8) is 0 Å². The number of carbonyl (C=O) groups excluding carboxylic acids is 2. The maximum absolute atomic E-state index is 13.2. The number of carbonyl (C=O) groups is 2. The first-order chi connectivity index (χ1) is 17.1. The highest BCUT2D eigenvalue weighted by Crippen LogP contribution is 2.33. The van der Waals surface area contributed by atoms with Crippen molar-refractivity contribution >= 4 is 34.2 Å². The Kier molecular flexibility index (Phi) is 5.17. The Morgan fingerprint density at radius 2 is 1.89 bits per heavy atom. The van der Waals surface area contributed by atoms with Gasteiger partial charge < -0.3 is 15.0 Å². The number of Topliss-reactive ketones (excluding diaryl/α,β-unsaturated/α-hetero) is 1. The Morgan fingerprint density at radius 3 is 2.69 bits per heavy atom. The van der Waals surface area contributed by atoms with Gasteiger partial charge in [0.15, 0.2) is 17.5 Å². The van der Waals surface area contributed by atoms with Crippen molar-refractivity contribution in [2.75, 3.05) is 23.3 Å². The summed E-state index contributed by atoms with van der Waals surface area (Å²) in [6.45, 7) is 3.12. The number of ketones is 1. The topological polar surface area (TPSA) is 102 Å². The van der Waals surface area contributed by atoms with Gasteiger partial charge in [0, 0.05) is 24.6 Å². The predicted octanol–water partition coefficient (Wildman–Crippen LogP) is 3.63. The molecular formula is C26H24N6O3. The lowest BCUT2D eigenvalue weighted by atomic mass is 9.88. The van der Waals surface area contributed by atoms with Gasteiger partial charge in [0.05, 0.1) is 23.0 Å². The normalized spacial score (nSPS) is 18.1. The van der Waals surface area contributed by atoms with Crippen LogP contribution in [0, 0.1) is 5.92 Å². The summed E-state index contributed by atoms with van der Waals surface area (Å²) in [6, 6.07) is 15.1. The Labute approximate surface area is 201 Å². The van der Waals surface area contributed by atoms with E-state index in [1.165, 1.54) is 0 Å². The summed E-state index contributed by atoms with van der Waals surface area (Å²) < 4.78 is 7.42. The van der Waals surface area contributed by atoms with Gasteiger partial charge in [-0.15, -0.1) is 0 Å². The molecule has 4 aromatic rings. The van der Waals surface area contributed by atoms with Gasteiger partial charge in [0.2, 0.25) is 0 Å². The number of nitrogens with one attached hydrogen (secondary N) is 1. The minimum absolute atomic E-state index is 0.0880. The van der Waals surface area contributed by atoms with Crippen LogP contribution in [-0.4, -0.2) is 50.6 Å². The number of fused-ring (bicyclic) bond motifs is 2. The van der Waals surface area contributed by atoms with E-state index < -0.39 is 6.10 Å². The first-order valence-corrected chi connectivity index (χ1v) is 11.7. The Bertz CT molecular complexity index is 1430. The van der Waals surface area contributed by atoms with Crippen LogP contribution in [0.25, 0.3) is 16.7 Å². The summed E-state index contributed by atoms with van der Waals surface area (Å²) in [7, 11) is 0. The smallest absolute Gasteiger partial charge is 0.265 e. The van der Waals surface area contributed by atoms with Crippen molar-refractivity contribution < 1.29 is 14.3 Å². The van der Waals surface area contributed by atoms with Gasteiger partial charge in [-0.25, -0.2) is 14.6 Å². The number of amides is 1. The lowest BCUT2D eigenvalue weighted by molar-refractivity contribution is -0.122. The van der Waals surface area contributed by atoms with Crippen LogP contribution in [0.1, 0.15) is 30.1 Å². The molecule has 0 aliphatic carbocycles. The number of aromatic nitrogens is 4. The van der Waals surface area contributed by atoms with Crippen molar-refractivity contribution in [2.45, 2.75) is 25.9 Å². The summed E-state index contributed by atoms with van der Waals surface area (Å²) in [5.41, 5.74) is 2.84. The molecule has 1 unspecified atom stereocenters. The summed E-state index contributed by atoms with van der Waals surface area (Å²) in [5, 5.41) is 8.25. The number of para-hydroxylation sites is 1. The van der Waals surface area contributed by atoms with Crippen molar-refractivity contribution in [2.24, 2.45) is 5.92 Å². The van der Waals surface area contributed by atoms with Crippen molar-refractivity contribution in [1.82, 2.24) is 19.7 Å². The summed E-state index contributed by atoms with van der Waals surface area (Å²) in [5.74, 6) is 1.22. The third kappa shape index (κ3) is 3.78. The third-order valence-corrected chi connectivity index (χ3v) is 6.71. The molecular weight excluding hydrogens is 444 g/mol. The Hall–Kier alpha value is -4.27. The van der Waals surface area contributed by atoms with Crippen LogP contribution in [0.4, 0.5) is 11.5 Å². The molecule has 0 bridgehead atoms. The second-order valence-corrected chi connectivity index (χ2v) is 8.91. The fraction of sp³-hybridized carbons (Fsp3) is 0.269. The highest BCUT2D eigenvalue weighted by molar-refractivity contribution is 6.02. The highest BCUT2D eigenvalue weighted by Gasteiger charge is 2.29. The zero-order valence-corrected chi connectivity index (χ0v) is 19.2. The minimum atomic E-state index is -0.540. The summed E-state index contributed by atoms with van der Waals surface area (Å²) >= 11 is 0. The van der Waals surface area contributed by atoms with E-state index in [2.05, 4.69) is 25.3 Å². The molecule has 0 saturated carbocycles. The van der Waals surface area contributed by atoms with Crippen molar-refractivity contribution in [3.8, 4) is 11.4 Å². The molecule has 1 N–H and O–H groups in total. The maximum atomic E-state index is 13.2. The highest BCUT2D eigenvalue weighted by atomic mass is 16.5. The van der Waals surface area contributed by atoms with Crippen LogP contribution < -0.4 is 15.0 Å². The largest absolute Gasteiger partial charge is 0.479 e. The standard InChI is InChI=1S/C26H24N6O3/c1-16-26(34)30-21-13-18(7-8-22(21)35-16)23(33)17-9-11-31(12-10-17)24-20-14-29-32(25(20)28-15-27-24)19-5-3-2-4-6-19/h2-8,13-17H,9-12H2,1H3,(H,30,34). The molecule has 0 spiro atoms. The van der Waals surface area contributed by atoms with Gasteiger partial charge in [-0.3, -0.25) is 9.59 Å². The van der Waals surface area contributed by atoms with Crippen LogP contribution in [0.3, 0.4) is 0 Å². The van der Waals surface area contributed by atoms with E-state index in [-0.39, 0.29) is 17.6 Å². The lowest BCUT2D eigenvalue weighted by Crippen LogP contribution is -2.37. The number of piperidine rings is 1. The van der Waals surface area contributed by atoms with E-state index in [0.717, 1.165) is 22.5 Å². The number of hydrogen-bond acceptors (Lipinski definition) is 7. The minimum Gasteiger partial charge on any atom is -0.479 e. The van der Waals surface area contributed by atoms with Crippen LogP contribution in [0.5, 0.6) is 5.75 Å².